The molecule has 4 heteroatoms. The Kier molecular flexibility index (Phi) is 4.70. The molecule has 130 valence electrons. The van der Waals surface area contributed by atoms with Crippen LogP contribution in [0.15, 0.2) is 53.7 Å². The van der Waals surface area contributed by atoms with Crippen molar-refractivity contribution >= 4 is 11.9 Å². The fraction of sp³-hybridized carbons (Fsp3) is 0.381. The van der Waals surface area contributed by atoms with Crippen molar-refractivity contribution in [1.29, 1.82) is 0 Å². The molecule has 2 aliphatic heterocycles. The molecule has 0 amide bonds. The number of anilines is 1. The van der Waals surface area contributed by atoms with E-state index in [1.54, 1.807) is 0 Å². The number of nitrogens with zero attached hydrogens (tertiary/aromatic N) is 3. The summed E-state index contributed by atoms with van der Waals surface area (Å²) >= 11 is 0. The lowest BCUT2D eigenvalue weighted by Crippen LogP contribution is -2.44. The highest BCUT2D eigenvalue weighted by molar-refractivity contribution is 5.82. The van der Waals surface area contributed by atoms with Gasteiger partial charge in [0.15, 0.2) is 0 Å². The van der Waals surface area contributed by atoms with Gasteiger partial charge in [-0.3, -0.25) is 4.90 Å². The van der Waals surface area contributed by atoms with Gasteiger partial charge in [0, 0.05) is 37.9 Å². The molecule has 4 rings (SSSR count). The third-order valence-electron chi connectivity index (χ3n) is 5.49. The van der Waals surface area contributed by atoms with Crippen molar-refractivity contribution in [3.8, 4) is 0 Å². The largest absolute Gasteiger partial charge is 0.411 e. The predicted octanol–water partition coefficient (Wildman–Crippen LogP) is 3.52. The standard InChI is InChI=1S/C21H25N3O/c25-22-15-18-6-7-19-8-13-24(21(19)14-18)20-9-11-23(12-10-20)16-17-4-2-1-3-5-17/h1-7,14-15,20,25H,8-13,16H2/b22-15-. The Morgan fingerprint density at radius 1 is 1.04 bits per heavy atom. The fourth-order valence-corrected chi connectivity index (χ4v) is 4.18. The minimum absolute atomic E-state index is 0.620. The molecule has 1 fully saturated rings. The number of hydrogen-bond acceptors (Lipinski definition) is 4. The molecule has 0 radical (unpaired) electrons. The van der Waals surface area contributed by atoms with Crippen molar-refractivity contribution < 1.29 is 5.21 Å². The average molecular weight is 335 g/mol. The first kappa shape index (κ1) is 16.2. The summed E-state index contributed by atoms with van der Waals surface area (Å²) in [6.45, 7) is 4.48. The first-order chi connectivity index (χ1) is 12.3. The lowest BCUT2D eigenvalue weighted by molar-refractivity contribution is 0.202. The Labute approximate surface area is 149 Å². The Bertz CT molecular complexity index is 736. The zero-order valence-electron chi connectivity index (χ0n) is 14.5. The van der Waals surface area contributed by atoms with E-state index in [0.717, 1.165) is 38.2 Å². The number of oxime groups is 1. The molecule has 25 heavy (non-hydrogen) atoms. The smallest absolute Gasteiger partial charge is 0.0734 e. The van der Waals surface area contributed by atoms with E-state index < -0.39 is 0 Å². The lowest BCUT2D eigenvalue weighted by atomic mass is 10.0. The van der Waals surface area contributed by atoms with Crippen LogP contribution in [0.25, 0.3) is 0 Å². The zero-order chi connectivity index (χ0) is 17.1. The van der Waals surface area contributed by atoms with E-state index in [2.05, 4.69) is 57.4 Å². The number of hydrogen-bond donors (Lipinski definition) is 1. The molecule has 0 aromatic heterocycles. The number of piperidine rings is 1. The quantitative estimate of drug-likeness (QED) is 0.528. The summed E-state index contributed by atoms with van der Waals surface area (Å²) in [4.78, 5) is 5.14. The maximum absolute atomic E-state index is 8.78. The van der Waals surface area contributed by atoms with Crippen LogP contribution in [0.2, 0.25) is 0 Å². The van der Waals surface area contributed by atoms with Crippen molar-refractivity contribution in [2.24, 2.45) is 5.16 Å². The molecular formula is C21H25N3O. The molecule has 0 atom stereocenters. The Morgan fingerprint density at radius 2 is 1.84 bits per heavy atom. The second-order valence-electron chi connectivity index (χ2n) is 7.07. The molecule has 2 aromatic carbocycles. The van der Waals surface area contributed by atoms with Gasteiger partial charge in [-0.15, -0.1) is 0 Å². The first-order valence-electron chi connectivity index (χ1n) is 9.17. The molecule has 4 nitrogen and oxygen atoms in total. The fourth-order valence-electron chi connectivity index (χ4n) is 4.18. The van der Waals surface area contributed by atoms with E-state index in [9.17, 15) is 0 Å². The van der Waals surface area contributed by atoms with Gasteiger partial charge in [-0.25, -0.2) is 0 Å². The summed E-state index contributed by atoms with van der Waals surface area (Å²) in [5.74, 6) is 0. The van der Waals surface area contributed by atoms with Crippen LogP contribution in [-0.4, -0.2) is 42.0 Å². The van der Waals surface area contributed by atoms with Crippen molar-refractivity contribution in [3.05, 3.63) is 65.2 Å². The molecule has 0 aliphatic carbocycles. The summed E-state index contributed by atoms with van der Waals surface area (Å²) in [6.07, 6.45) is 5.06. The van der Waals surface area contributed by atoms with E-state index in [0.29, 0.717) is 6.04 Å². The zero-order valence-corrected chi connectivity index (χ0v) is 14.5. The first-order valence-corrected chi connectivity index (χ1v) is 9.17. The molecule has 0 bridgehead atoms. The van der Waals surface area contributed by atoms with E-state index in [-0.39, 0.29) is 0 Å². The van der Waals surface area contributed by atoms with Crippen LogP contribution >= 0.6 is 0 Å². The van der Waals surface area contributed by atoms with Gasteiger partial charge in [-0.2, -0.15) is 0 Å². The van der Waals surface area contributed by atoms with Crippen LogP contribution in [0.3, 0.4) is 0 Å². The van der Waals surface area contributed by atoms with Gasteiger partial charge in [0.25, 0.3) is 0 Å². The third kappa shape index (κ3) is 3.54. The van der Waals surface area contributed by atoms with Gasteiger partial charge in [0.05, 0.1) is 6.21 Å². The van der Waals surface area contributed by atoms with Gasteiger partial charge < -0.3 is 10.1 Å². The van der Waals surface area contributed by atoms with Crippen molar-refractivity contribution in [2.45, 2.75) is 31.8 Å². The highest BCUT2D eigenvalue weighted by atomic mass is 16.4. The minimum atomic E-state index is 0.620. The van der Waals surface area contributed by atoms with Crippen LogP contribution < -0.4 is 4.90 Å². The number of likely N-dealkylation sites (tertiary alicyclic amines) is 1. The van der Waals surface area contributed by atoms with Crippen LogP contribution in [0.5, 0.6) is 0 Å². The topological polar surface area (TPSA) is 39.1 Å². The molecule has 2 aromatic rings. The molecular weight excluding hydrogens is 310 g/mol. The third-order valence-corrected chi connectivity index (χ3v) is 5.49. The van der Waals surface area contributed by atoms with Crippen molar-refractivity contribution in [2.75, 3.05) is 24.5 Å². The molecule has 1 N–H and O–H groups in total. The van der Waals surface area contributed by atoms with Gasteiger partial charge in [0.2, 0.25) is 0 Å². The highest BCUT2D eigenvalue weighted by Crippen LogP contribution is 2.33. The predicted molar refractivity (Wildman–Crippen MR) is 102 cm³/mol. The van der Waals surface area contributed by atoms with Crippen LogP contribution in [-0.2, 0) is 13.0 Å². The number of rotatable bonds is 4. The van der Waals surface area contributed by atoms with E-state index in [1.807, 2.05) is 6.07 Å². The minimum Gasteiger partial charge on any atom is -0.411 e. The van der Waals surface area contributed by atoms with Gasteiger partial charge in [-0.05, 0) is 42.0 Å². The molecule has 1 saturated heterocycles. The second-order valence-corrected chi connectivity index (χ2v) is 7.07. The maximum Gasteiger partial charge on any atom is 0.0734 e. The van der Waals surface area contributed by atoms with Crippen molar-refractivity contribution in [3.63, 3.8) is 0 Å². The maximum atomic E-state index is 8.78. The summed E-state index contributed by atoms with van der Waals surface area (Å²) in [6, 6.07) is 17.7. The Morgan fingerprint density at radius 3 is 2.60 bits per heavy atom. The molecule has 0 saturated carbocycles. The normalized spacial score (nSPS) is 18.8. The average Bonchev–Trinajstić information content (AvgIpc) is 3.07. The monoisotopic (exact) mass is 335 g/mol. The van der Waals surface area contributed by atoms with Crippen LogP contribution in [0, 0.1) is 0 Å². The van der Waals surface area contributed by atoms with E-state index in [4.69, 9.17) is 5.21 Å². The second kappa shape index (κ2) is 7.28. The summed E-state index contributed by atoms with van der Waals surface area (Å²) in [7, 11) is 0. The Hall–Kier alpha value is -2.33. The summed E-state index contributed by atoms with van der Waals surface area (Å²) in [5.41, 5.74) is 5.12. The van der Waals surface area contributed by atoms with Gasteiger partial charge in [-0.1, -0.05) is 47.6 Å². The Balaban J connectivity index is 1.40. The van der Waals surface area contributed by atoms with Gasteiger partial charge >= 0.3 is 0 Å². The molecule has 0 spiro atoms. The molecule has 2 aliphatic rings. The SMILES string of the molecule is O/N=C\c1ccc2c(c1)N(C1CCN(Cc3ccccc3)CC1)CC2. The lowest BCUT2D eigenvalue weighted by Gasteiger charge is -2.38. The molecule has 2 heterocycles. The van der Waals surface area contributed by atoms with Crippen molar-refractivity contribution in [1.82, 2.24) is 4.90 Å². The van der Waals surface area contributed by atoms with Crippen LogP contribution in [0.1, 0.15) is 29.5 Å². The highest BCUT2D eigenvalue weighted by Gasteiger charge is 2.29. The summed E-state index contributed by atoms with van der Waals surface area (Å²) in [5, 5.41) is 12.0. The van der Waals surface area contributed by atoms with E-state index in [1.165, 1.54) is 35.9 Å². The summed E-state index contributed by atoms with van der Waals surface area (Å²) < 4.78 is 0. The van der Waals surface area contributed by atoms with Crippen LogP contribution in [0.4, 0.5) is 5.69 Å². The number of fused-ring (bicyclic) bond motifs is 1. The van der Waals surface area contributed by atoms with E-state index >= 15 is 0 Å². The van der Waals surface area contributed by atoms with Gasteiger partial charge in [0.1, 0.15) is 0 Å². The number of benzene rings is 2. The molecule has 0 unspecified atom stereocenters.